The van der Waals surface area contributed by atoms with E-state index in [1.54, 1.807) is 5.57 Å². The van der Waals surface area contributed by atoms with Crippen LogP contribution in [0.25, 0.3) is 0 Å². The van der Waals surface area contributed by atoms with Gasteiger partial charge in [0.25, 0.3) is 0 Å². The summed E-state index contributed by atoms with van der Waals surface area (Å²) in [4.78, 5) is 0. The zero-order chi connectivity index (χ0) is 11.7. The van der Waals surface area contributed by atoms with Gasteiger partial charge in [0.15, 0.2) is 0 Å². The van der Waals surface area contributed by atoms with Crippen molar-refractivity contribution in [1.82, 2.24) is 0 Å². The molecule has 2 rings (SSSR count). The van der Waals surface area contributed by atoms with Crippen molar-refractivity contribution in [3.8, 4) is 0 Å². The van der Waals surface area contributed by atoms with E-state index in [2.05, 4.69) is 62.7 Å². The molecule has 0 radical (unpaired) electrons. The first-order valence-electron chi connectivity index (χ1n) is 5.90. The molecule has 0 spiro atoms. The van der Waals surface area contributed by atoms with Gasteiger partial charge in [-0.05, 0) is 28.9 Å². The molecule has 0 aromatic heterocycles. The Labute approximate surface area is 103 Å². The molecule has 2 aliphatic carbocycles. The van der Waals surface area contributed by atoms with Gasteiger partial charge in [-0.2, -0.15) is 0 Å². The molecule has 5 atom stereocenters. The van der Waals surface area contributed by atoms with Gasteiger partial charge in [0.1, 0.15) is 0 Å². The normalized spacial score (nSPS) is 32.0. The molecule has 0 aromatic carbocycles. The van der Waals surface area contributed by atoms with Crippen LogP contribution >= 0.6 is 18.5 Å². The summed E-state index contributed by atoms with van der Waals surface area (Å²) in [5.41, 5.74) is 5.71. The van der Waals surface area contributed by atoms with Gasteiger partial charge in [-0.15, -0.1) is 18.5 Å². The first-order valence-corrected chi connectivity index (χ1v) is 7.24. The topological polar surface area (TPSA) is 0 Å². The fourth-order valence-corrected chi connectivity index (χ4v) is 3.15. The number of hydrogen-bond donors (Lipinski definition) is 0. The van der Waals surface area contributed by atoms with Crippen LogP contribution in [0.1, 0.15) is 20.3 Å². The fourth-order valence-electron chi connectivity index (χ4n) is 2.50. The lowest BCUT2D eigenvalue weighted by Gasteiger charge is -2.20. The second-order valence-corrected chi connectivity index (χ2v) is 6.78. The summed E-state index contributed by atoms with van der Waals surface area (Å²) in [6.45, 7) is 4.52. The highest BCUT2D eigenvalue weighted by molar-refractivity contribution is 7.18. The monoisotopic (exact) mass is 250 g/mol. The van der Waals surface area contributed by atoms with E-state index in [-0.39, 0.29) is 0 Å². The quantitative estimate of drug-likeness (QED) is 0.515. The third kappa shape index (κ3) is 2.24. The second-order valence-electron chi connectivity index (χ2n) is 4.73. The Hall–Kier alpha value is -0.180. The highest BCUT2D eigenvalue weighted by Gasteiger charge is 2.24. The molecule has 2 aliphatic rings. The average molecular weight is 250 g/mol. The summed E-state index contributed by atoms with van der Waals surface area (Å²) in [6, 6.07) is 0. The van der Waals surface area contributed by atoms with Crippen LogP contribution in [0.15, 0.2) is 47.1 Å². The molecule has 0 N–H and O–H groups in total. The van der Waals surface area contributed by atoms with Crippen LogP contribution < -0.4 is 0 Å². The molecule has 0 heterocycles. The number of rotatable bonds is 2. The molecule has 0 aliphatic heterocycles. The van der Waals surface area contributed by atoms with E-state index in [4.69, 9.17) is 0 Å². The smallest absolute Gasteiger partial charge is 0.00492 e. The summed E-state index contributed by atoms with van der Waals surface area (Å²) < 4.78 is 0. The Kier molecular flexibility index (Phi) is 3.83. The van der Waals surface area contributed by atoms with E-state index in [9.17, 15) is 0 Å². The van der Waals surface area contributed by atoms with E-state index in [0.29, 0.717) is 17.2 Å². The van der Waals surface area contributed by atoms with E-state index < -0.39 is 0 Å². The molecule has 0 amide bonds. The Morgan fingerprint density at radius 3 is 2.69 bits per heavy atom. The molecule has 0 fully saturated rings. The van der Waals surface area contributed by atoms with Gasteiger partial charge in [-0.3, -0.25) is 0 Å². The summed E-state index contributed by atoms with van der Waals surface area (Å²) in [5, 5.41) is 0. The maximum Gasteiger partial charge on any atom is 0.00492 e. The van der Waals surface area contributed by atoms with Crippen molar-refractivity contribution in [2.75, 3.05) is 0 Å². The molecule has 5 unspecified atom stereocenters. The minimum absolute atomic E-state index is 0.540. The van der Waals surface area contributed by atoms with Crippen molar-refractivity contribution in [2.45, 2.75) is 31.6 Å². The third-order valence-electron chi connectivity index (χ3n) is 3.34. The van der Waals surface area contributed by atoms with Crippen molar-refractivity contribution in [3.05, 3.63) is 47.1 Å². The Bertz CT molecular complexity index is 395. The fraction of sp³-hybridized carbons (Fsp3) is 0.429. The number of hydrogen-bond acceptors (Lipinski definition) is 0. The van der Waals surface area contributed by atoms with Gasteiger partial charge in [-0.25, -0.2) is 0 Å². The highest BCUT2D eigenvalue weighted by Crippen LogP contribution is 2.39. The van der Waals surface area contributed by atoms with Crippen molar-refractivity contribution >= 4 is 18.5 Å². The summed E-state index contributed by atoms with van der Waals surface area (Å²) >= 11 is 0. The van der Waals surface area contributed by atoms with Crippen LogP contribution in [-0.2, 0) is 0 Å². The first-order chi connectivity index (χ1) is 7.61. The molecule has 0 bridgehead atoms. The minimum Gasteiger partial charge on any atom is -0.134 e. The molecule has 86 valence electrons. The zero-order valence-electron chi connectivity index (χ0n) is 9.98. The SMILES string of the molecule is CC(P)C1=CC=CC1=C1CC=CC1C(C)P. The summed E-state index contributed by atoms with van der Waals surface area (Å²) in [6.07, 6.45) is 12.5. The van der Waals surface area contributed by atoms with Crippen LogP contribution in [0.3, 0.4) is 0 Å². The zero-order valence-corrected chi connectivity index (χ0v) is 12.3. The van der Waals surface area contributed by atoms with Gasteiger partial charge in [0, 0.05) is 5.92 Å². The molecule has 0 nitrogen and oxygen atoms in total. The standard InChI is InChI=1S/C14H20P2/c1-9(15)11-5-3-7-13(11)14-8-4-6-12(14)10(2)16/h3-7,9-10,12H,8,15-16H2,1-2H3. The Morgan fingerprint density at radius 2 is 2.06 bits per heavy atom. The summed E-state index contributed by atoms with van der Waals surface area (Å²) in [7, 11) is 5.83. The van der Waals surface area contributed by atoms with Crippen molar-refractivity contribution in [2.24, 2.45) is 5.92 Å². The lowest BCUT2D eigenvalue weighted by molar-refractivity contribution is 0.750. The largest absolute Gasteiger partial charge is 0.134 e. The Balaban J connectivity index is 2.35. The van der Waals surface area contributed by atoms with E-state index >= 15 is 0 Å². The summed E-state index contributed by atoms with van der Waals surface area (Å²) in [5.74, 6) is 0.606. The second kappa shape index (κ2) is 4.99. The maximum absolute atomic E-state index is 2.93. The van der Waals surface area contributed by atoms with Crippen LogP contribution in [-0.4, -0.2) is 11.3 Å². The van der Waals surface area contributed by atoms with Gasteiger partial charge in [0.2, 0.25) is 0 Å². The first kappa shape index (κ1) is 12.3. The molecule has 16 heavy (non-hydrogen) atoms. The number of allylic oxidation sites excluding steroid dienone is 8. The third-order valence-corrected chi connectivity index (χ3v) is 4.11. The predicted molar refractivity (Wildman–Crippen MR) is 79.8 cm³/mol. The average Bonchev–Trinajstić information content (AvgIpc) is 2.85. The van der Waals surface area contributed by atoms with Crippen LogP contribution in [0.4, 0.5) is 0 Å². The molecular weight excluding hydrogens is 230 g/mol. The predicted octanol–water partition coefficient (Wildman–Crippen LogP) is 3.88. The minimum atomic E-state index is 0.540. The lowest BCUT2D eigenvalue weighted by atomic mass is 9.91. The van der Waals surface area contributed by atoms with E-state index in [1.807, 2.05) is 0 Å². The van der Waals surface area contributed by atoms with Gasteiger partial charge >= 0.3 is 0 Å². The van der Waals surface area contributed by atoms with E-state index in [0.717, 1.165) is 6.42 Å². The van der Waals surface area contributed by atoms with Crippen LogP contribution in [0.2, 0.25) is 0 Å². The molecule has 2 heteroatoms. The Morgan fingerprint density at radius 1 is 1.31 bits per heavy atom. The van der Waals surface area contributed by atoms with Crippen molar-refractivity contribution in [3.63, 3.8) is 0 Å². The highest BCUT2D eigenvalue weighted by atomic mass is 31.0. The van der Waals surface area contributed by atoms with Crippen LogP contribution in [0, 0.1) is 5.92 Å². The van der Waals surface area contributed by atoms with Gasteiger partial charge in [0.05, 0.1) is 0 Å². The lowest BCUT2D eigenvalue weighted by Crippen LogP contribution is -2.11. The molecular formula is C14H20P2. The van der Waals surface area contributed by atoms with Crippen molar-refractivity contribution in [1.29, 1.82) is 0 Å². The van der Waals surface area contributed by atoms with Crippen molar-refractivity contribution < 1.29 is 0 Å². The van der Waals surface area contributed by atoms with E-state index in [1.165, 1.54) is 11.1 Å². The van der Waals surface area contributed by atoms with Gasteiger partial charge < -0.3 is 0 Å². The maximum atomic E-state index is 2.93. The van der Waals surface area contributed by atoms with Gasteiger partial charge in [-0.1, -0.05) is 49.8 Å². The molecule has 0 saturated carbocycles. The molecule has 0 saturated heterocycles. The van der Waals surface area contributed by atoms with Crippen LogP contribution in [0.5, 0.6) is 0 Å². The molecule has 0 aromatic rings.